The summed E-state index contributed by atoms with van der Waals surface area (Å²) in [4.78, 5) is 0. The molecule has 2 N–H and O–H groups in total. The van der Waals surface area contributed by atoms with Crippen molar-refractivity contribution in [2.75, 3.05) is 13.2 Å². The van der Waals surface area contributed by atoms with Crippen molar-refractivity contribution >= 4 is 0 Å². The van der Waals surface area contributed by atoms with Gasteiger partial charge in [-0.15, -0.1) is 0 Å². The fourth-order valence-corrected chi connectivity index (χ4v) is 2.57. The lowest BCUT2D eigenvalue weighted by Crippen LogP contribution is -2.13. The lowest BCUT2D eigenvalue weighted by atomic mass is 10.0. The highest BCUT2D eigenvalue weighted by Crippen LogP contribution is 2.34. The van der Waals surface area contributed by atoms with Gasteiger partial charge < -0.3 is 15.2 Å². The maximum atomic E-state index is 5.96. The monoisotopic (exact) mass is 269 g/mol. The van der Waals surface area contributed by atoms with E-state index in [1.54, 1.807) is 0 Å². The van der Waals surface area contributed by atoms with Crippen LogP contribution in [0.4, 0.5) is 0 Å². The van der Waals surface area contributed by atoms with Crippen LogP contribution in [0.25, 0.3) is 0 Å². The molecule has 0 saturated heterocycles. The Kier molecular flexibility index (Phi) is 3.61. The van der Waals surface area contributed by atoms with Gasteiger partial charge in [0, 0.05) is 17.7 Å². The highest BCUT2D eigenvalue weighted by molar-refractivity contribution is 5.40. The Morgan fingerprint density at radius 3 is 2.95 bits per heavy atom. The quantitative estimate of drug-likeness (QED) is 0.928. The van der Waals surface area contributed by atoms with Crippen LogP contribution in [0, 0.1) is 6.92 Å². The predicted molar refractivity (Wildman–Crippen MR) is 79.2 cm³/mol. The summed E-state index contributed by atoms with van der Waals surface area (Å²) < 4.78 is 11.6. The summed E-state index contributed by atoms with van der Waals surface area (Å²) in [7, 11) is 0. The van der Waals surface area contributed by atoms with Gasteiger partial charge in [0.25, 0.3) is 0 Å². The van der Waals surface area contributed by atoms with Crippen LogP contribution in [-0.2, 0) is 6.54 Å². The molecule has 1 aliphatic rings. The van der Waals surface area contributed by atoms with Gasteiger partial charge in [0.15, 0.2) is 0 Å². The first-order chi connectivity index (χ1) is 9.78. The molecule has 1 aliphatic heterocycles. The minimum atomic E-state index is 0.290. The van der Waals surface area contributed by atoms with E-state index in [4.69, 9.17) is 15.2 Å². The van der Waals surface area contributed by atoms with Gasteiger partial charge in [-0.05, 0) is 19.1 Å². The van der Waals surface area contributed by atoms with Gasteiger partial charge in [-0.25, -0.2) is 0 Å². The average molecular weight is 269 g/mol. The first kappa shape index (κ1) is 13.0. The Balaban J connectivity index is 1.72. The first-order valence-electron chi connectivity index (χ1n) is 6.92. The fourth-order valence-electron chi connectivity index (χ4n) is 2.57. The Hall–Kier alpha value is -2.00. The second kappa shape index (κ2) is 5.55. The lowest BCUT2D eigenvalue weighted by molar-refractivity contribution is 0.247. The van der Waals surface area contributed by atoms with E-state index in [0.29, 0.717) is 19.8 Å². The number of rotatable bonds is 4. The third kappa shape index (κ3) is 2.49. The van der Waals surface area contributed by atoms with Crippen LogP contribution in [0.3, 0.4) is 0 Å². The van der Waals surface area contributed by atoms with Gasteiger partial charge in [0.05, 0.1) is 19.1 Å². The largest absolute Gasteiger partial charge is 0.493 e. The highest BCUT2D eigenvalue weighted by Gasteiger charge is 2.24. The van der Waals surface area contributed by atoms with Crippen molar-refractivity contribution in [2.24, 2.45) is 5.73 Å². The summed E-state index contributed by atoms with van der Waals surface area (Å²) in [6.45, 7) is 3.86. The van der Waals surface area contributed by atoms with Crippen molar-refractivity contribution in [3.8, 4) is 11.5 Å². The Bertz CT molecular complexity index is 610. The standard InChI is InChI=1S/C17H19NO2/c1-12-6-7-16(13(8-12)9-18)19-10-14-11-20-17-5-3-2-4-15(14)17/h2-8,14H,9-11,18H2,1H3. The molecule has 0 saturated carbocycles. The van der Waals surface area contributed by atoms with E-state index in [9.17, 15) is 0 Å². The number of benzene rings is 2. The molecule has 3 rings (SSSR count). The number of ether oxygens (including phenoxy) is 2. The van der Waals surface area contributed by atoms with Crippen LogP contribution in [0.2, 0.25) is 0 Å². The maximum Gasteiger partial charge on any atom is 0.123 e. The zero-order valence-electron chi connectivity index (χ0n) is 11.6. The zero-order chi connectivity index (χ0) is 13.9. The van der Waals surface area contributed by atoms with Crippen LogP contribution < -0.4 is 15.2 Å². The molecule has 3 nitrogen and oxygen atoms in total. The van der Waals surface area contributed by atoms with Gasteiger partial charge in [-0.1, -0.05) is 35.9 Å². The van der Waals surface area contributed by atoms with E-state index in [-0.39, 0.29) is 5.92 Å². The third-order valence-corrected chi connectivity index (χ3v) is 3.67. The first-order valence-corrected chi connectivity index (χ1v) is 6.92. The molecule has 0 bridgehead atoms. The van der Waals surface area contributed by atoms with Crippen molar-refractivity contribution in [3.63, 3.8) is 0 Å². The van der Waals surface area contributed by atoms with Gasteiger partial charge in [-0.2, -0.15) is 0 Å². The van der Waals surface area contributed by atoms with Gasteiger partial charge in [-0.3, -0.25) is 0 Å². The van der Waals surface area contributed by atoms with Crippen molar-refractivity contribution < 1.29 is 9.47 Å². The summed E-state index contributed by atoms with van der Waals surface area (Å²) in [5.41, 5.74) is 9.26. The third-order valence-electron chi connectivity index (χ3n) is 3.67. The SMILES string of the molecule is Cc1ccc(OCC2COc3ccccc32)c(CN)c1. The molecule has 0 fully saturated rings. The van der Waals surface area contributed by atoms with Crippen molar-refractivity contribution in [1.82, 2.24) is 0 Å². The molecule has 1 heterocycles. The second-order valence-electron chi connectivity index (χ2n) is 5.17. The number of nitrogens with two attached hydrogens (primary N) is 1. The zero-order valence-corrected chi connectivity index (χ0v) is 11.6. The summed E-state index contributed by atoms with van der Waals surface area (Å²) >= 11 is 0. The molecule has 0 aliphatic carbocycles. The van der Waals surface area contributed by atoms with E-state index in [0.717, 1.165) is 17.1 Å². The molecule has 2 aromatic carbocycles. The number of para-hydroxylation sites is 1. The molecule has 2 aromatic rings. The molecule has 0 amide bonds. The summed E-state index contributed by atoms with van der Waals surface area (Å²) in [5.74, 6) is 2.14. The molecular formula is C17H19NO2. The van der Waals surface area contributed by atoms with Gasteiger partial charge in [0.1, 0.15) is 11.5 Å². The summed E-state index contributed by atoms with van der Waals surface area (Å²) in [5, 5.41) is 0. The average Bonchev–Trinajstić information content (AvgIpc) is 2.89. The van der Waals surface area contributed by atoms with E-state index in [1.807, 2.05) is 30.3 Å². The van der Waals surface area contributed by atoms with Crippen molar-refractivity contribution in [3.05, 3.63) is 59.2 Å². The minimum absolute atomic E-state index is 0.290. The molecule has 0 spiro atoms. The molecular weight excluding hydrogens is 250 g/mol. The smallest absolute Gasteiger partial charge is 0.123 e. The van der Waals surface area contributed by atoms with Crippen LogP contribution in [0.1, 0.15) is 22.6 Å². The van der Waals surface area contributed by atoms with Crippen LogP contribution in [-0.4, -0.2) is 13.2 Å². The molecule has 3 heteroatoms. The van der Waals surface area contributed by atoms with Gasteiger partial charge >= 0.3 is 0 Å². The van der Waals surface area contributed by atoms with E-state index in [1.165, 1.54) is 11.1 Å². The Labute approximate surface area is 119 Å². The number of aryl methyl sites for hydroxylation is 1. The van der Waals surface area contributed by atoms with E-state index < -0.39 is 0 Å². The maximum absolute atomic E-state index is 5.96. The van der Waals surface area contributed by atoms with E-state index >= 15 is 0 Å². The van der Waals surface area contributed by atoms with Crippen LogP contribution in [0.5, 0.6) is 11.5 Å². The number of fused-ring (bicyclic) bond motifs is 1. The molecule has 1 unspecified atom stereocenters. The number of hydrogen-bond acceptors (Lipinski definition) is 3. The molecule has 1 atom stereocenters. The normalized spacial score (nSPS) is 16.6. The van der Waals surface area contributed by atoms with Crippen LogP contribution in [0.15, 0.2) is 42.5 Å². The van der Waals surface area contributed by atoms with Crippen molar-refractivity contribution in [2.45, 2.75) is 19.4 Å². The van der Waals surface area contributed by atoms with E-state index in [2.05, 4.69) is 19.1 Å². The molecule has 104 valence electrons. The topological polar surface area (TPSA) is 44.5 Å². The minimum Gasteiger partial charge on any atom is -0.493 e. The molecule has 0 radical (unpaired) electrons. The van der Waals surface area contributed by atoms with Gasteiger partial charge in [0.2, 0.25) is 0 Å². The van der Waals surface area contributed by atoms with Crippen molar-refractivity contribution in [1.29, 1.82) is 0 Å². The van der Waals surface area contributed by atoms with Crippen LogP contribution >= 0.6 is 0 Å². The Morgan fingerprint density at radius 2 is 2.10 bits per heavy atom. The fraction of sp³-hybridized carbons (Fsp3) is 0.294. The summed E-state index contributed by atoms with van der Waals surface area (Å²) in [6, 6.07) is 14.3. The Morgan fingerprint density at radius 1 is 1.25 bits per heavy atom. The lowest BCUT2D eigenvalue weighted by Gasteiger charge is -2.14. The number of hydrogen-bond donors (Lipinski definition) is 1. The molecule has 0 aromatic heterocycles. The summed E-state index contributed by atoms with van der Waals surface area (Å²) in [6.07, 6.45) is 0. The highest BCUT2D eigenvalue weighted by atomic mass is 16.5. The predicted octanol–water partition coefficient (Wildman–Crippen LogP) is 3.01. The second-order valence-corrected chi connectivity index (χ2v) is 5.17. The molecule has 20 heavy (non-hydrogen) atoms.